The van der Waals surface area contributed by atoms with Crippen molar-refractivity contribution in [1.29, 1.82) is 5.26 Å². The van der Waals surface area contributed by atoms with Crippen LogP contribution in [0.2, 0.25) is 0 Å². The minimum atomic E-state index is -4.60. The highest BCUT2D eigenvalue weighted by Gasteiger charge is 2.37. The van der Waals surface area contributed by atoms with Crippen molar-refractivity contribution in [2.75, 3.05) is 0 Å². The number of hydrogen-bond acceptors (Lipinski definition) is 2. The van der Waals surface area contributed by atoms with Gasteiger partial charge in [-0.15, -0.1) is 0 Å². The van der Waals surface area contributed by atoms with Crippen molar-refractivity contribution >= 4 is 0 Å². The van der Waals surface area contributed by atoms with Crippen LogP contribution in [0.5, 0.6) is 0 Å². The normalized spacial score (nSPS) is 13.5. The van der Waals surface area contributed by atoms with Crippen molar-refractivity contribution in [3.05, 3.63) is 34.4 Å². The van der Waals surface area contributed by atoms with Gasteiger partial charge in [-0.2, -0.15) is 18.4 Å². The Balaban J connectivity index is 3.50. The summed E-state index contributed by atoms with van der Waals surface area (Å²) in [5, 5.41) is 18.6. The van der Waals surface area contributed by atoms with Gasteiger partial charge in [0.05, 0.1) is 23.3 Å². The Bertz CT molecular complexity index is 486. The van der Waals surface area contributed by atoms with Crippen LogP contribution < -0.4 is 0 Å². The second-order valence-electron chi connectivity index (χ2n) is 4.50. The Labute approximate surface area is 104 Å². The lowest BCUT2D eigenvalue weighted by Crippen LogP contribution is -2.15. The maximum absolute atomic E-state index is 12.9. The van der Waals surface area contributed by atoms with Crippen LogP contribution in [0, 0.1) is 24.2 Å². The van der Waals surface area contributed by atoms with Gasteiger partial charge in [-0.05, 0) is 30.0 Å². The van der Waals surface area contributed by atoms with E-state index in [-0.39, 0.29) is 17.0 Å². The summed E-state index contributed by atoms with van der Waals surface area (Å²) in [7, 11) is 0. The van der Waals surface area contributed by atoms with E-state index in [0.29, 0.717) is 0 Å². The quantitative estimate of drug-likeness (QED) is 0.880. The molecule has 0 aromatic heterocycles. The molecule has 0 aliphatic heterocycles. The number of benzene rings is 1. The molecule has 2 nitrogen and oxygen atoms in total. The summed E-state index contributed by atoms with van der Waals surface area (Å²) in [5.41, 5.74) is -1.24. The molecule has 0 heterocycles. The SMILES string of the molecule is Cc1c(C(O)C(C)C)ccc(C#N)c1C(F)(F)F. The van der Waals surface area contributed by atoms with Crippen LogP contribution in [0.15, 0.2) is 12.1 Å². The standard InChI is InChI=1S/C13H14F3NO/c1-7(2)12(18)10-5-4-9(6-17)11(8(10)3)13(14,15)16/h4-5,7,12,18H,1-3H3. The number of aliphatic hydroxyl groups is 1. The molecular weight excluding hydrogens is 243 g/mol. The molecular formula is C13H14F3NO. The highest BCUT2D eigenvalue weighted by molar-refractivity contribution is 5.48. The molecule has 5 heteroatoms. The Kier molecular flexibility index (Phi) is 4.02. The molecule has 18 heavy (non-hydrogen) atoms. The molecule has 0 saturated heterocycles. The summed E-state index contributed by atoms with van der Waals surface area (Å²) in [6, 6.07) is 4.03. The maximum atomic E-state index is 12.9. The molecule has 1 N–H and O–H groups in total. The van der Waals surface area contributed by atoms with Gasteiger partial charge in [0.2, 0.25) is 0 Å². The molecule has 0 aliphatic carbocycles. The summed E-state index contributed by atoms with van der Waals surface area (Å²) in [5.74, 6) is -0.197. The lowest BCUT2D eigenvalue weighted by atomic mass is 9.90. The van der Waals surface area contributed by atoms with E-state index in [4.69, 9.17) is 5.26 Å². The highest BCUT2D eigenvalue weighted by atomic mass is 19.4. The molecule has 0 spiro atoms. The van der Waals surface area contributed by atoms with E-state index >= 15 is 0 Å². The first kappa shape index (κ1) is 14.5. The van der Waals surface area contributed by atoms with Crippen LogP contribution in [-0.4, -0.2) is 5.11 Å². The predicted molar refractivity (Wildman–Crippen MR) is 60.7 cm³/mol. The Hall–Kier alpha value is -1.54. The second kappa shape index (κ2) is 4.99. The number of aliphatic hydroxyl groups excluding tert-OH is 1. The van der Waals surface area contributed by atoms with Crippen LogP contribution in [0.3, 0.4) is 0 Å². The molecule has 1 rings (SSSR count). The molecule has 0 saturated carbocycles. The fourth-order valence-corrected chi connectivity index (χ4v) is 1.87. The number of halogens is 3. The first-order chi connectivity index (χ1) is 8.20. The minimum Gasteiger partial charge on any atom is -0.388 e. The van der Waals surface area contributed by atoms with Gasteiger partial charge in [-0.3, -0.25) is 0 Å². The first-order valence-electron chi connectivity index (χ1n) is 5.49. The van der Waals surface area contributed by atoms with Crippen LogP contribution in [0.25, 0.3) is 0 Å². The fourth-order valence-electron chi connectivity index (χ4n) is 1.87. The zero-order valence-electron chi connectivity index (χ0n) is 10.3. The van der Waals surface area contributed by atoms with Gasteiger partial charge in [-0.25, -0.2) is 0 Å². The van der Waals surface area contributed by atoms with Gasteiger partial charge in [0.15, 0.2) is 0 Å². The second-order valence-corrected chi connectivity index (χ2v) is 4.50. The maximum Gasteiger partial charge on any atom is 0.417 e. The van der Waals surface area contributed by atoms with Gasteiger partial charge in [0, 0.05) is 0 Å². The molecule has 0 aliphatic rings. The number of nitriles is 1. The van der Waals surface area contributed by atoms with Gasteiger partial charge in [0.25, 0.3) is 0 Å². The number of hydrogen-bond donors (Lipinski definition) is 1. The Morgan fingerprint density at radius 2 is 1.83 bits per heavy atom. The van der Waals surface area contributed by atoms with E-state index in [2.05, 4.69) is 0 Å². The number of rotatable bonds is 2. The summed E-state index contributed by atoms with van der Waals surface area (Å²) in [6.07, 6.45) is -5.57. The Morgan fingerprint density at radius 3 is 2.22 bits per heavy atom. The van der Waals surface area contributed by atoms with Crippen molar-refractivity contribution in [3.63, 3.8) is 0 Å². The topological polar surface area (TPSA) is 44.0 Å². The van der Waals surface area contributed by atoms with Crippen molar-refractivity contribution in [3.8, 4) is 6.07 Å². The molecule has 0 amide bonds. The van der Waals surface area contributed by atoms with Gasteiger partial charge < -0.3 is 5.11 Å². The van der Waals surface area contributed by atoms with Gasteiger partial charge in [0.1, 0.15) is 0 Å². The van der Waals surface area contributed by atoms with Crippen molar-refractivity contribution in [1.82, 2.24) is 0 Å². The highest BCUT2D eigenvalue weighted by Crippen LogP contribution is 2.38. The third-order valence-corrected chi connectivity index (χ3v) is 2.86. The van der Waals surface area contributed by atoms with Crippen LogP contribution >= 0.6 is 0 Å². The third kappa shape index (κ3) is 2.65. The largest absolute Gasteiger partial charge is 0.417 e. The lowest BCUT2D eigenvalue weighted by molar-refractivity contribution is -0.138. The monoisotopic (exact) mass is 257 g/mol. The van der Waals surface area contributed by atoms with Crippen molar-refractivity contribution < 1.29 is 18.3 Å². The third-order valence-electron chi connectivity index (χ3n) is 2.86. The minimum absolute atomic E-state index is 0.0808. The summed E-state index contributed by atoms with van der Waals surface area (Å²) < 4.78 is 38.7. The molecule has 0 bridgehead atoms. The fraction of sp³-hybridized carbons (Fsp3) is 0.462. The lowest BCUT2D eigenvalue weighted by Gasteiger charge is -2.21. The molecule has 0 radical (unpaired) electrons. The van der Waals surface area contributed by atoms with E-state index in [1.165, 1.54) is 19.1 Å². The van der Waals surface area contributed by atoms with E-state index in [1.54, 1.807) is 13.8 Å². The summed E-state index contributed by atoms with van der Waals surface area (Å²) in [6.45, 7) is 4.72. The van der Waals surface area contributed by atoms with E-state index < -0.39 is 23.4 Å². The van der Waals surface area contributed by atoms with E-state index in [0.717, 1.165) is 6.07 Å². The Morgan fingerprint density at radius 1 is 1.28 bits per heavy atom. The average molecular weight is 257 g/mol. The zero-order valence-corrected chi connectivity index (χ0v) is 10.3. The molecule has 0 fully saturated rings. The summed E-state index contributed by atoms with van der Waals surface area (Å²) >= 11 is 0. The first-order valence-corrected chi connectivity index (χ1v) is 5.49. The predicted octanol–water partition coefficient (Wildman–Crippen LogP) is 3.57. The van der Waals surface area contributed by atoms with Crippen molar-refractivity contribution in [2.45, 2.75) is 33.1 Å². The molecule has 1 aromatic carbocycles. The molecule has 1 unspecified atom stereocenters. The van der Waals surface area contributed by atoms with Crippen molar-refractivity contribution in [2.24, 2.45) is 5.92 Å². The molecule has 1 atom stereocenters. The smallest absolute Gasteiger partial charge is 0.388 e. The van der Waals surface area contributed by atoms with Crippen LogP contribution in [0.1, 0.15) is 42.2 Å². The van der Waals surface area contributed by atoms with Gasteiger partial charge >= 0.3 is 6.18 Å². The zero-order chi connectivity index (χ0) is 14.1. The number of nitrogens with zero attached hydrogens (tertiary/aromatic N) is 1. The molecule has 1 aromatic rings. The van der Waals surface area contributed by atoms with Gasteiger partial charge in [-0.1, -0.05) is 19.9 Å². The van der Waals surface area contributed by atoms with E-state index in [9.17, 15) is 18.3 Å². The van der Waals surface area contributed by atoms with Crippen LogP contribution in [-0.2, 0) is 6.18 Å². The van der Waals surface area contributed by atoms with Crippen LogP contribution in [0.4, 0.5) is 13.2 Å². The van der Waals surface area contributed by atoms with E-state index in [1.807, 2.05) is 0 Å². The molecule has 98 valence electrons. The summed E-state index contributed by atoms with van der Waals surface area (Å²) in [4.78, 5) is 0. The number of alkyl halides is 3. The average Bonchev–Trinajstić information content (AvgIpc) is 2.25.